The van der Waals surface area contributed by atoms with Gasteiger partial charge in [-0.1, -0.05) is 23.7 Å². The number of thiophene rings is 1. The van der Waals surface area contributed by atoms with Gasteiger partial charge in [0.2, 0.25) is 0 Å². The number of aromatic nitrogens is 2. The van der Waals surface area contributed by atoms with Crippen LogP contribution >= 0.6 is 22.9 Å². The molecule has 0 N–H and O–H groups in total. The number of rotatable bonds is 4. The number of hydrogen-bond acceptors (Lipinski definition) is 3. The maximum Gasteiger partial charge on any atom is 0.153 e. The molecular weight excluding hydrogens is 304 g/mol. The summed E-state index contributed by atoms with van der Waals surface area (Å²) >= 11 is 7.59. The lowest BCUT2D eigenvalue weighted by atomic mass is 10.2. The smallest absolute Gasteiger partial charge is 0.153 e. The van der Waals surface area contributed by atoms with Gasteiger partial charge in [0.1, 0.15) is 5.69 Å². The van der Waals surface area contributed by atoms with Crippen LogP contribution in [0.5, 0.6) is 0 Å². The molecule has 0 unspecified atom stereocenters. The molecule has 2 heterocycles. The van der Waals surface area contributed by atoms with Gasteiger partial charge in [0, 0.05) is 11.2 Å². The number of aryl methyl sites for hydroxylation is 1. The second-order valence-electron chi connectivity index (χ2n) is 4.81. The summed E-state index contributed by atoms with van der Waals surface area (Å²) in [5.41, 5.74) is 3.55. The van der Waals surface area contributed by atoms with E-state index in [0.29, 0.717) is 17.1 Å². The van der Waals surface area contributed by atoms with Crippen molar-refractivity contribution < 1.29 is 4.79 Å². The Bertz CT molecular complexity index is 791. The van der Waals surface area contributed by atoms with Crippen molar-refractivity contribution >= 4 is 29.2 Å². The van der Waals surface area contributed by atoms with E-state index < -0.39 is 0 Å². The first-order chi connectivity index (χ1) is 10.2. The van der Waals surface area contributed by atoms with E-state index in [9.17, 15) is 4.79 Å². The highest BCUT2D eigenvalue weighted by atomic mass is 35.5. The molecule has 5 heteroatoms. The predicted molar refractivity (Wildman–Crippen MR) is 86.2 cm³/mol. The Hall–Kier alpha value is -1.91. The predicted octanol–water partition coefficient (Wildman–Crippen LogP) is 4.43. The summed E-state index contributed by atoms with van der Waals surface area (Å²) in [4.78, 5) is 12.3. The molecule has 0 fully saturated rings. The topological polar surface area (TPSA) is 34.9 Å². The second kappa shape index (κ2) is 5.84. The maximum atomic E-state index is 11.3. The van der Waals surface area contributed by atoms with Crippen molar-refractivity contribution in [1.29, 1.82) is 0 Å². The highest BCUT2D eigenvalue weighted by Gasteiger charge is 2.14. The van der Waals surface area contributed by atoms with Crippen LogP contribution in [0, 0.1) is 6.92 Å². The molecule has 3 rings (SSSR count). The zero-order valence-electron chi connectivity index (χ0n) is 11.4. The molecule has 3 nitrogen and oxygen atoms in total. The number of halogens is 1. The van der Waals surface area contributed by atoms with E-state index in [1.54, 1.807) is 22.2 Å². The van der Waals surface area contributed by atoms with Gasteiger partial charge in [0.25, 0.3) is 0 Å². The summed E-state index contributed by atoms with van der Waals surface area (Å²) in [6.45, 7) is 2.61. The summed E-state index contributed by atoms with van der Waals surface area (Å²) < 4.78 is 1.78. The minimum absolute atomic E-state index is 0.589. The second-order valence-corrected chi connectivity index (χ2v) is 6.16. The van der Waals surface area contributed by atoms with Gasteiger partial charge in [-0.25, -0.2) is 0 Å². The molecule has 0 saturated carbocycles. The van der Waals surface area contributed by atoms with Crippen molar-refractivity contribution in [1.82, 2.24) is 9.78 Å². The summed E-state index contributed by atoms with van der Waals surface area (Å²) in [7, 11) is 0. The van der Waals surface area contributed by atoms with Crippen molar-refractivity contribution in [3.8, 4) is 10.6 Å². The van der Waals surface area contributed by atoms with E-state index in [2.05, 4.69) is 5.10 Å². The molecule has 0 atom stereocenters. The van der Waals surface area contributed by atoms with Crippen LogP contribution in [-0.4, -0.2) is 16.1 Å². The molecular formula is C16H13ClN2OS. The number of benzene rings is 1. The fourth-order valence-corrected chi connectivity index (χ4v) is 3.36. The summed E-state index contributed by atoms with van der Waals surface area (Å²) in [6, 6.07) is 9.67. The van der Waals surface area contributed by atoms with Gasteiger partial charge in [-0.2, -0.15) is 5.10 Å². The van der Waals surface area contributed by atoms with E-state index in [-0.39, 0.29) is 0 Å². The Labute approximate surface area is 131 Å². The molecule has 0 spiro atoms. The van der Waals surface area contributed by atoms with Gasteiger partial charge in [-0.05, 0) is 41.6 Å². The quantitative estimate of drug-likeness (QED) is 0.667. The van der Waals surface area contributed by atoms with Gasteiger partial charge in [-0.15, -0.1) is 11.3 Å². The van der Waals surface area contributed by atoms with Gasteiger partial charge in [0.15, 0.2) is 6.29 Å². The standard InChI is InChI=1S/C16H13ClN2OS/c1-11-5-6-21-16(11)15-13(10-20)9-19(18-15)8-12-3-2-4-14(17)7-12/h2-7,9-10H,8H2,1H3. The van der Waals surface area contributed by atoms with Crippen LogP contribution in [0.2, 0.25) is 5.02 Å². The normalized spacial score (nSPS) is 10.8. The summed E-state index contributed by atoms with van der Waals surface area (Å²) in [5, 5.41) is 7.27. The average molecular weight is 317 g/mol. The van der Waals surface area contributed by atoms with Crippen LogP contribution < -0.4 is 0 Å². The van der Waals surface area contributed by atoms with Gasteiger partial charge >= 0.3 is 0 Å². The van der Waals surface area contributed by atoms with Crippen molar-refractivity contribution in [2.45, 2.75) is 13.5 Å². The number of aldehydes is 1. The monoisotopic (exact) mass is 316 g/mol. The Morgan fingerprint density at radius 1 is 1.38 bits per heavy atom. The van der Waals surface area contributed by atoms with E-state index in [4.69, 9.17) is 11.6 Å². The first kappa shape index (κ1) is 14.0. The Morgan fingerprint density at radius 2 is 2.24 bits per heavy atom. The minimum Gasteiger partial charge on any atom is -0.298 e. The number of carbonyl (C=O) groups excluding carboxylic acids is 1. The van der Waals surface area contributed by atoms with E-state index in [1.165, 1.54) is 0 Å². The lowest BCUT2D eigenvalue weighted by Gasteiger charge is -2.02. The Morgan fingerprint density at radius 3 is 2.90 bits per heavy atom. The first-order valence-corrected chi connectivity index (χ1v) is 7.74. The number of hydrogen-bond donors (Lipinski definition) is 0. The average Bonchev–Trinajstić information content (AvgIpc) is 3.04. The molecule has 21 heavy (non-hydrogen) atoms. The van der Waals surface area contributed by atoms with Crippen LogP contribution in [0.3, 0.4) is 0 Å². The molecule has 0 aliphatic rings. The minimum atomic E-state index is 0.589. The van der Waals surface area contributed by atoms with Gasteiger partial charge in [0.05, 0.1) is 17.0 Å². The van der Waals surface area contributed by atoms with E-state index >= 15 is 0 Å². The van der Waals surface area contributed by atoms with Crippen LogP contribution in [0.25, 0.3) is 10.6 Å². The van der Waals surface area contributed by atoms with E-state index in [1.807, 2.05) is 42.6 Å². The Kier molecular flexibility index (Phi) is 3.90. The number of nitrogens with zero attached hydrogens (tertiary/aromatic N) is 2. The Balaban J connectivity index is 1.96. The third-order valence-corrected chi connectivity index (χ3v) is 4.49. The highest BCUT2D eigenvalue weighted by Crippen LogP contribution is 2.30. The molecule has 2 aromatic heterocycles. The van der Waals surface area contributed by atoms with Crippen LogP contribution in [-0.2, 0) is 6.54 Å². The molecule has 0 aliphatic carbocycles. The third kappa shape index (κ3) is 2.91. The zero-order chi connectivity index (χ0) is 14.8. The molecule has 0 amide bonds. The van der Waals surface area contributed by atoms with Gasteiger partial charge in [-0.3, -0.25) is 9.48 Å². The van der Waals surface area contributed by atoms with Crippen LogP contribution in [0.15, 0.2) is 41.9 Å². The largest absolute Gasteiger partial charge is 0.298 e. The first-order valence-electron chi connectivity index (χ1n) is 6.49. The number of carbonyl (C=O) groups is 1. The lowest BCUT2D eigenvalue weighted by Crippen LogP contribution is -2.00. The van der Waals surface area contributed by atoms with Crippen molar-refractivity contribution in [3.05, 3.63) is 63.6 Å². The van der Waals surface area contributed by atoms with Crippen molar-refractivity contribution in [3.63, 3.8) is 0 Å². The fourth-order valence-electron chi connectivity index (χ4n) is 2.22. The molecule has 0 radical (unpaired) electrons. The molecule has 0 bridgehead atoms. The molecule has 1 aromatic carbocycles. The SMILES string of the molecule is Cc1ccsc1-c1nn(Cc2cccc(Cl)c2)cc1C=O. The van der Waals surface area contributed by atoms with E-state index in [0.717, 1.165) is 28.0 Å². The zero-order valence-corrected chi connectivity index (χ0v) is 13.0. The summed E-state index contributed by atoms with van der Waals surface area (Å²) in [6.07, 6.45) is 2.64. The molecule has 106 valence electrons. The molecule has 3 aromatic rings. The van der Waals surface area contributed by atoms with Gasteiger partial charge < -0.3 is 0 Å². The maximum absolute atomic E-state index is 11.3. The van der Waals surface area contributed by atoms with Crippen LogP contribution in [0.1, 0.15) is 21.5 Å². The summed E-state index contributed by atoms with van der Waals surface area (Å²) in [5.74, 6) is 0. The highest BCUT2D eigenvalue weighted by molar-refractivity contribution is 7.13. The third-order valence-electron chi connectivity index (χ3n) is 3.23. The van der Waals surface area contributed by atoms with Crippen LogP contribution in [0.4, 0.5) is 0 Å². The molecule has 0 aliphatic heterocycles. The van der Waals surface area contributed by atoms with Crippen molar-refractivity contribution in [2.75, 3.05) is 0 Å². The van der Waals surface area contributed by atoms with Crippen molar-refractivity contribution in [2.24, 2.45) is 0 Å². The lowest BCUT2D eigenvalue weighted by molar-refractivity contribution is 0.112. The molecule has 0 saturated heterocycles. The fraction of sp³-hybridized carbons (Fsp3) is 0.125.